The van der Waals surface area contributed by atoms with Crippen LogP contribution < -0.4 is 5.32 Å². The molecule has 2 saturated carbocycles. The second-order valence-corrected chi connectivity index (χ2v) is 24.2. The molecule has 4 aliphatic rings. The summed E-state index contributed by atoms with van der Waals surface area (Å²) in [5, 5.41) is 16.7. The van der Waals surface area contributed by atoms with Crippen molar-refractivity contribution in [3.63, 3.8) is 0 Å². The van der Waals surface area contributed by atoms with E-state index in [1.165, 1.54) is 66.4 Å². The van der Waals surface area contributed by atoms with Crippen molar-refractivity contribution >= 4 is 59.6 Å². The fraction of sp³-hybridized carbons (Fsp3) is 0.613. The van der Waals surface area contributed by atoms with E-state index in [0.29, 0.717) is 0 Å². The minimum absolute atomic E-state index is 0.00441. The summed E-state index contributed by atoms with van der Waals surface area (Å²) in [6.45, 7) is 11.9. The van der Waals surface area contributed by atoms with Crippen molar-refractivity contribution in [1.29, 1.82) is 0 Å². The van der Waals surface area contributed by atoms with Crippen molar-refractivity contribution in [3.05, 3.63) is 82.9 Å². The molecule has 1 aliphatic heterocycles. The molecule has 1 heterocycles. The Kier molecular flexibility index (Phi) is 22.5. The Balaban J connectivity index is 1.38. The molecule has 2 aromatic rings. The number of Topliss-reactive ketones (excluding diaryl/α,β-unsaturated/α-hetero) is 1. The molecule has 6 rings (SSSR count). The van der Waals surface area contributed by atoms with E-state index in [1.807, 2.05) is 0 Å². The smallest absolute Gasteiger partial charge is 0.408 e. The number of carbonyl (C=O) groups excluding carboxylic acids is 10. The van der Waals surface area contributed by atoms with E-state index < -0.39 is 180 Å². The zero-order valence-corrected chi connectivity index (χ0v) is 52.1. The molecule has 2 unspecified atom stereocenters. The molecule has 13 atom stereocenters. The Morgan fingerprint density at radius 1 is 0.773 bits per heavy atom. The highest BCUT2D eigenvalue weighted by Gasteiger charge is 2.78. The maximum Gasteiger partial charge on any atom is 0.408 e. The van der Waals surface area contributed by atoms with Crippen LogP contribution in [0.5, 0.6) is 0 Å². The number of alkyl carbamates (subject to hydrolysis) is 1. The van der Waals surface area contributed by atoms with Crippen LogP contribution in [0.3, 0.4) is 0 Å². The van der Waals surface area contributed by atoms with E-state index in [2.05, 4.69) is 5.32 Å². The molecule has 2 N–H and O–H groups in total. The lowest BCUT2D eigenvalue weighted by Crippen LogP contribution is -2.82. The SMILES string of the molecule is COCCOC(=O)C(C)(COC(=O)COCC(=O)O[C@@H](C(=O)O[C@H]1C[C@@]2(O)[C@@H](OC(=O)c3ccccc3)[C@@H]3[C@]4(OC(C)=O)CO[C@@H]4C[C@H](OC)[C@@]3(C)C(=O)[C@H](OC)C(=C1C)C2(C)C)[C@@H](NC(=O)OC(C)(C)C)c1ccccc1)COC(=O)C(C)OC(C)=O. The van der Waals surface area contributed by atoms with E-state index in [1.54, 1.807) is 84.9 Å². The number of fused-ring (bicyclic) bond motifs is 5. The largest absolute Gasteiger partial charge is 0.463 e. The van der Waals surface area contributed by atoms with Crippen LogP contribution in [0.1, 0.15) is 111 Å². The minimum atomic E-state index is -2.41. The number of rotatable bonds is 25. The standard InChI is InChI=1S/C62H81NO25/c1-34-40(28-62(74)51(86-53(70)39-23-19-16-20-24-39)49-60(11,50(68)47(77-14)45(34)58(62,8)9)41(76-13)27-42-61(49,33-80-42)87-37(4)65)84-54(71)48(46(38-21-17-15-18-22-38)63-56(73)88-57(5,6)7)85-44(67)30-78-29-43(66)81-31-59(10,55(72)79-26-25-75-12)32-82-52(69)35(2)83-36(3)64/h15-24,35,40-42,46-49,51,74H,25-33H2,1-14H3,(H,63,73)/t35?,40-,41-,42+,46-,47+,48+,49-,51-,59?,60+,61-,62+/m0/s1. The third-order valence-electron chi connectivity index (χ3n) is 16.5. The van der Waals surface area contributed by atoms with Crippen LogP contribution in [-0.2, 0) is 105 Å². The molecule has 88 heavy (non-hydrogen) atoms. The molecule has 484 valence electrons. The lowest BCUT2D eigenvalue weighted by Gasteiger charge is -2.67. The zero-order chi connectivity index (χ0) is 65.3. The Labute approximate surface area is 510 Å². The number of carbonyl (C=O) groups is 10. The predicted octanol–water partition coefficient (Wildman–Crippen LogP) is 4.37. The second-order valence-electron chi connectivity index (χ2n) is 24.2. The summed E-state index contributed by atoms with van der Waals surface area (Å²) in [4.78, 5) is 138. The molecule has 0 aromatic heterocycles. The summed E-state index contributed by atoms with van der Waals surface area (Å²) < 4.78 is 79.9. The maximum absolute atomic E-state index is 15.9. The number of hydrogen-bond acceptors (Lipinski definition) is 25. The average molecular weight is 1240 g/mol. The van der Waals surface area contributed by atoms with Crippen LogP contribution in [0, 0.1) is 22.2 Å². The summed E-state index contributed by atoms with van der Waals surface area (Å²) in [6, 6.07) is 14.0. The van der Waals surface area contributed by atoms with Gasteiger partial charge in [0.25, 0.3) is 0 Å². The van der Waals surface area contributed by atoms with Crippen molar-refractivity contribution < 1.29 is 119 Å². The van der Waals surface area contributed by atoms with Gasteiger partial charge in [0.15, 0.2) is 17.5 Å². The van der Waals surface area contributed by atoms with Gasteiger partial charge in [0.2, 0.25) is 6.10 Å². The number of aliphatic hydroxyl groups is 1. The molecule has 2 bridgehead atoms. The van der Waals surface area contributed by atoms with Crippen molar-refractivity contribution in [3.8, 4) is 0 Å². The number of hydrogen-bond donors (Lipinski definition) is 2. The average Bonchev–Trinajstić information content (AvgIpc) is 0.750. The highest BCUT2D eigenvalue weighted by atomic mass is 16.7. The first-order valence-corrected chi connectivity index (χ1v) is 28.5. The van der Waals surface area contributed by atoms with Gasteiger partial charge in [-0.05, 0) is 77.3 Å². The fourth-order valence-corrected chi connectivity index (χ4v) is 12.0. The lowest BCUT2D eigenvalue weighted by molar-refractivity contribution is -0.347. The zero-order valence-electron chi connectivity index (χ0n) is 52.1. The predicted molar refractivity (Wildman–Crippen MR) is 302 cm³/mol. The topological polar surface area (TPSA) is 332 Å². The second kappa shape index (κ2) is 28.4. The Bertz CT molecular complexity index is 2940. The van der Waals surface area contributed by atoms with Crippen molar-refractivity contribution in [2.24, 2.45) is 22.2 Å². The van der Waals surface area contributed by atoms with Gasteiger partial charge in [0, 0.05) is 53.4 Å². The monoisotopic (exact) mass is 1240 g/mol. The summed E-state index contributed by atoms with van der Waals surface area (Å²) in [5.74, 6) is -10.3. The molecule has 2 aromatic carbocycles. The van der Waals surface area contributed by atoms with Gasteiger partial charge in [0.05, 0.1) is 36.2 Å². The number of amides is 1. The Morgan fingerprint density at radius 3 is 1.97 bits per heavy atom. The van der Waals surface area contributed by atoms with E-state index in [0.717, 1.165) is 6.92 Å². The number of ketones is 1. The highest BCUT2D eigenvalue weighted by Crippen LogP contribution is 2.65. The summed E-state index contributed by atoms with van der Waals surface area (Å²) in [7, 11) is 4.03. The number of ether oxygens (including phenoxy) is 14. The van der Waals surface area contributed by atoms with Crippen LogP contribution in [0.4, 0.5) is 4.79 Å². The van der Waals surface area contributed by atoms with Crippen molar-refractivity contribution in [2.75, 3.05) is 67.6 Å². The van der Waals surface area contributed by atoms with Gasteiger partial charge in [0.1, 0.15) is 80.1 Å². The Hall–Kier alpha value is -7.36. The first-order chi connectivity index (χ1) is 41.2. The molecule has 1 amide bonds. The molecular formula is C62H81NO25. The highest BCUT2D eigenvalue weighted by molar-refractivity contribution is 5.94. The molecule has 0 spiro atoms. The van der Waals surface area contributed by atoms with E-state index in [9.17, 15) is 43.5 Å². The van der Waals surface area contributed by atoms with Crippen LogP contribution in [0.25, 0.3) is 0 Å². The number of esters is 8. The molecule has 1 saturated heterocycles. The van der Waals surface area contributed by atoms with Crippen LogP contribution in [0.15, 0.2) is 71.8 Å². The first-order valence-electron chi connectivity index (χ1n) is 28.5. The third-order valence-corrected chi connectivity index (χ3v) is 16.5. The van der Waals surface area contributed by atoms with Crippen LogP contribution in [-0.4, -0.2) is 192 Å². The molecule has 3 fully saturated rings. The van der Waals surface area contributed by atoms with E-state index in [4.69, 9.17) is 66.3 Å². The van der Waals surface area contributed by atoms with E-state index in [-0.39, 0.29) is 48.5 Å². The summed E-state index contributed by atoms with van der Waals surface area (Å²) in [6.07, 6.45) is -12.1. The number of nitrogens with one attached hydrogen (secondary N) is 1. The molecule has 3 aliphatic carbocycles. The van der Waals surface area contributed by atoms with Crippen LogP contribution in [0.2, 0.25) is 0 Å². The van der Waals surface area contributed by atoms with Gasteiger partial charge in [-0.25, -0.2) is 28.8 Å². The first kappa shape index (κ1) is 69.7. The summed E-state index contributed by atoms with van der Waals surface area (Å²) in [5.41, 5.74) is -9.95. The normalized spacial score (nSPS) is 27.0. The molecular weight excluding hydrogens is 1160 g/mol. The molecule has 0 radical (unpaired) electrons. The van der Waals surface area contributed by atoms with Gasteiger partial charge in [-0.1, -0.05) is 62.4 Å². The molecule has 26 heteroatoms. The Morgan fingerprint density at radius 2 is 1.40 bits per heavy atom. The summed E-state index contributed by atoms with van der Waals surface area (Å²) >= 11 is 0. The van der Waals surface area contributed by atoms with Gasteiger partial charge in [-0.3, -0.25) is 19.2 Å². The van der Waals surface area contributed by atoms with Gasteiger partial charge in [-0.15, -0.1) is 0 Å². The quantitative estimate of drug-likeness (QED) is 0.0603. The number of benzene rings is 2. The molecule has 26 nitrogen and oxygen atoms in total. The van der Waals surface area contributed by atoms with Crippen LogP contribution >= 0.6 is 0 Å². The minimum Gasteiger partial charge on any atom is -0.463 e. The van der Waals surface area contributed by atoms with Gasteiger partial charge < -0.3 is 76.7 Å². The maximum atomic E-state index is 15.9. The van der Waals surface area contributed by atoms with E-state index >= 15 is 9.59 Å². The van der Waals surface area contributed by atoms with Crippen molar-refractivity contribution in [1.82, 2.24) is 5.32 Å². The van der Waals surface area contributed by atoms with Gasteiger partial charge in [-0.2, -0.15) is 0 Å². The third kappa shape index (κ3) is 15.0. The number of methoxy groups -OCH3 is 3. The lowest BCUT2D eigenvalue weighted by atomic mass is 9.44. The van der Waals surface area contributed by atoms with Gasteiger partial charge >= 0.3 is 53.8 Å². The fourth-order valence-electron chi connectivity index (χ4n) is 12.0. The van der Waals surface area contributed by atoms with Crippen molar-refractivity contribution in [2.45, 2.75) is 155 Å².